The SMILES string of the molecule is Cc1sc(C=O)cc1C1SCc2ccc(Cl)cc21. The van der Waals surface area contributed by atoms with Gasteiger partial charge in [-0.1, -0.05) is 17.7 Å². The Morgan fingerprint density at radius 3 is 2.89 bits per heavy atom. The quantitative estimate of drug-likeness (QED) is 0.736. The molecule has 0 spiro atoms. The van der Waals surface area contributed by atoms with Gasteiger partial charge in [0.1, 0.15) is 0 Å². The van der Waals surface area contributed by atoms with E-state index in [2.05, 4.69) is 19.1 Å². The van der Waals surface area contributed by atoms with Crippen LogP contribution in [0.4, 0.5) is 0 Å². The molecule has 0 N–H and O–H groups in total. The van der Waals surface area contributed by atoms with Crippen molar-refractivity contribution in [2.75, 3.05) is 0 Å². The zero-order valence-electron chi connectivity index (χ0n) is 9.77. The van der Waals surface area contributed by atoms with E-state index in [0.29, 0.717) is 5.25 Å². The van der Waals surface area contributed by atoms with Gasteiger partial charge in [0.15, 0.2) is 6.29 Å². The lowest BCUT2D eigenvalue weighted by atomic mass is 10.0. The summed E-state index contributed by atoms with van der Waals surface area (Å²) in [6, 6.07) is 8.12. The molecular weight excluding hydrogens is 284 g/mol. The number of fused-ring (bicyclic) bond motifs is 1. The van der Waals surface area contributed by atoms with Gasteiger partial charge < -0.3 is 0 Å². The predicted molar refractivity (Wildman–Crippen MR) is 79.0 cm³/mol. The van der Waals surface area contributed by atoms with Crippen molar-refractivity contribution in [3.63, 3.8) is 0 Å². The minimum atomic E-state index is 0.323. The fourth-order valence-electron chi connectivity index (χ4n) is 2.30. The molecular formula is C14H11ClOS2. The van der Waals surface area contributed by atoms with Gasteiger partial charge in [0.2, 0.25) is 0 Å². The standard InChI is InChI=1S/C14H11ClOS2/c1-8-12(5-11(6-16)18-8)14-13-4-10(15)3-2-9(13)7-17-14/h2-6,14H,7H2,1H3. The molecule has 0 aliphatic carbocycles. The molecule has 1 aromatic carbocycles. The average Bonchev–Trinajstić information content (AvgIpc) is 2.92. The minimum absolute atomic E-state index is 0.323. The van der Waals surface area contributed by atoms with Crippen LogP contribution in [-0.2, 0) is 5.75 Å². The molecule has 1 unspecified atom stereocenters. The fourth-order valence-corrected chi connectivity index (χ4v) is 4.87. The first-order valence-electron chi connectivity index (χ1n) is 5.64. The summed E-state index contributed by atoms with van der Waals surface area (Å²) in [7, 11) is 0. The number of hydrogen-bond acceptors (Lipinski definition) is 3. The topological polar surface area (TPSA) is 17.1 Å². The van der Waals surface area contributed by atoms with Crippen molar-refractivity contribution in [3.8, 4) is 0 Å². The van der Waals surface area contributed by atoms with Gasteiger partial charge in [-0.15, -0.1) is 23.1 Å². The lowest BCUT2D eigenvalue weighted by molar-refractivity contribution is 0.112. The normalized spacial score (nSPS) is 17.8. The van der Waals surface area contributed by atoms with E-state index in [1.807, 2.05) is 23.9 Å². The van der Waals surface area contributed by atoms with Crippen LogP contribution < -0.4 is 0 Å². The predicted octanol–water partition coefficient (Wildman–Crippen LogP) is 4.86. The van der Waals surface area contributed by atoms with Gasteiger partial charge in [-0.3, -0.25) is 4.79 Å². The lowest BCUT2D eigenvalue weighted by Crippen LogP contribution is -1.93. The maximum Gasteiger partial charge on any atom is 0.160 e. The number of thiophene rings is 1. The summed E-state index contributed by atoms with van der Waals surface area (Å²) < 4.78 is 0. The number of rotatable bonds is 2. The highest BCUT2D eigenvalue weighted by molar-refractivity contribution is 7.99. The maximum absolute atomic E-state index is 10.9. The van der Waals surface area contributed by atoms with Crippen LogP contribution in [-0.4, -0.2) is 6.29 Å². The molecule has 0 radical (unpaired) electrons. The molecule has 1 atom stereocenters. The van der Waals surface area contributed by atoms with Crippen LogP contribution in [0.1, 0.15) is 36.5 Å². The van der Waals surface area contributed by atoms with E-state index in [9.17, 15) is 4.79 Å². The molecule has 1 aliphatic heterocycles. The molecule has 18 heavy (non-hydrogen) atoms. The molecule has 2 heterocycles. The van der Waals surface area contributed by atoms with Gasteiger partial charge >= 0.3 is 0 Å². The van der Waals surface area contributed by atoms with Gasteiger partial charge in [0.05, 0.1) is 10.1 Å². The largest absolute Gasteiger partial charge is 0.297 e. The molecule has 0 bridgehead atoms. The number of benzene rings is 1. The summed E-state index contributed by atoms with van der Waals surface area (Å²) in [4.78, 5) is 12.9. The van der Waals surface area contributed by atoms with Gasteiger partial charge in [-0.25, -0.2) is 0 Å². The smallest absolute Gasteiger partial charge is 0.160 e. The van der Waals surface area contributed by atoms with Gasteiger partial charge in [0.25, 0.3) is 0 Å². The van der Waals surface area contributed by atoms with Crippen molar-refractivity contribution in [1.29, 1.82) is 0 Å². The summed E-state index contributed by atoms with van der Waals surface area (Å²) >= 11 is 9.55. The van der Waals surface area contributed by atoms with E-state index in [-0.39, 0.29) is 0 Å². The molecule has 0 fully saturated rings. The third-order valence-corrected chi connectivity index (χ3v) is 5.72. The first-order valence-corrected chi connectivity index (χ1v) is 7.89. The van der Waals surface area contributed by atoms with E-state index >= 15 is 0 Å². The molecule has 92 valence electrons. The zero-order valence-corrected chi connectivity index (χ0v) is 12.2. The van der Waals surface area contributed by atoms with Crippen molar-refractivity contribution in [2.45, 2.75) is 17.9 Å². The molecule has 1 aromatic heterocycles. The lowest BCUT2D eigenvalue weighted by Gasteiger charge is -2.10. The minimum Gasteiger partial charge on any atom is -0.297 e. The Morgan fingerprint density at radius 2 is 2.17 bits per heavy atom. The number of aryl methyl sites for hydroxylation is 1. The van der Waals surface area contributed by atoms with E-state index in [1.54, 1.807) is 11.3 Å². The highest BCUT2D eigenvalue weighted by atomic mass is 35.5. The molecule has 4 heteroatoms. The van der Waals surface area contributed by atoms with E-state index in [1.165, 1.54) is 21.6 Å². The fraction of sp³-hybridized carbons (Fsp3) is 0.214. The third-order valence-electron chi connectivity index (χ3n) is 3.17. The summed E-state index contributed by atoms with van der Waals surface area (Å²) in [5.41, 5.74) is 3.91. The second-order valence-electron chi connectivity index (χ2n) is 4.31. The summed E-state index contributed by atoms with van der Waals surface area (Å²) in [6.07, 6.45) is 0.930. The Morgan fingerprint density at radius 1 is 1.33 bits per heavy atom. The number of halogens is 1. The summed E-state index contributed by atoms with van der Waals surface area (Å²) in [5, 5.41) is 1.10. The molecule has 1 nitrogen and oxygen atoms in total. The van der Waals surface area contributed by atoms with Crippen molar-refractivity contribution in [3.05, 3.63) is 55.7 Å². The van der Waals surface area contributed by atoms with Crippen LogP contribution in [0.2, 0.25) is 5.02 Å². The van der Waals surface area contributed by atoms with Gasteiger partial charge in [0, 0.05) is 15.7 Å². The number of thioether (sulfide) groups is 1. The first kappa shape index (κ1) is 12.3. The van der Waals surface area contributed by atoms with Gasteiger partial charge in [-0.05, 0) is 41.8 Å². The molecule has 0 saturated heterocycles. The monoisotopic (exact) mass is 294 g/mol. The first-order chi connectivity index (χ1) is 8.69. The Kier molecular flexibility index (Phi) is 3.22. The number of carbonyl (C=O) groups excluding carboxylic acids is 1. The van der Waals surface area contributed by atoms with Gasteiger partial charge in [-0.2, -0.15) is 0 Å². The molecule has 0 amide bonds. The van der Waals surface area contributed by atoms with Crippen molar-refractivity contribution in [1.82, 2.24) is 0 Å². The van der Waals surface area contributed by atoms with Crippen molar-refractivity contribution < 1.29 is 4.79 Å². The van der Waals surface area contributed by atoms with Crippen LogP contribution >= 0.6 is 34.7 Å². The number of carbonyl (C=O) groups is 1. The maximum atomic E-state index is 10.9. The second-order valence-corrected chi connectivity index (χ2v) is 7.13. The Labute approximate surface area is 119 Å². The van der Waals surface area contributed by atoms with Crippen LogP contribution in [0.5, 0.6) is 0 Å². The Hall–Kier alpha value is -0.770. The second kappa shape index (κ2) is 4.72. The van der Waals surface area contributed by atoms with Crippen LogP contribution in [0, 0.1) is 6.92 Å². The van der Waals surface area contributed by atoms with Crippen molar-refractivity contribution in [2.24, 2.45) is 0 Å². The Bertz CT molecular complexity index is 618. The van der Waals surface area contributed by atoms with Crippen molar-refractivity contribution >= 4 is 41.0 Å². The molecule has 1 aliphatic rings. The van der Waals surface area contributed by atoms with Crippen LogP contribution in [0.25, 0.3) is 0 Å². The Balaban J connectivity index is 2.07. The van der Waals surface area contributed by atoms with Crippen LogP contribution in [0.15, 0.2) is 24.3 Å². The van der Waals surface area contributed by atoms with Crippen LogP contribution in [0.3, 0.4) is 0 Å². The number of hydrogen-bond donors (Lipinski definition) is 0. The highest BCUT2D eigenvalue weighted by Crippen LogP contribution is 2.48. The highest BCUT2D eigenvalue weighted by Gasteiger charge is 2.27. The summed E-state index contributed by atoms with van der Waals surface area (Å²) in [6.45, 7) is 2.08. The average molecular weight is 295 g/mol. The molecule has 0 saturated carbocycles. The molecule has 2 aromatic rings. The van der Waals surface area contributed by atoms with E-state index in [4.69, 9.17) is 11.6 Å². The molecule has 3 rings (SSSR count). The summed E-state index contributed by atoms with van der Waals surface area (Å²) in [5.74, 6) is 1.02. The third kappa shape index (κ3) is 2.00. The number of aldehydes is 1. The van der Waals surface area contributed by atoms with E-state index < -0.39 is 0 Å². The zero-order chi connectivity index (χ0) is 12.7. The van der Waals surface area contributed by atoms with E-state index in [0.717, 1.165) is 21.9 Å².